The molecular weight excluding hydrogens is 467 g/mol. The minimum absolute atomic E-state index is 0. The molecule has 1 rings (SSSR count). The van der Waals surface area contributed by atoms with Crippen LogP contribution in [0.1, 0.15) is 25.5 Å². The summed E-state index contributed by atoms with van der Waals surface area (Å²) in [5.74, 6) is -1.69. The molecule has 0 aliphatic heterocycles. The molecule has 184 valence electrons. The van der Waals surface area contributed by atoms with E-state index >= 15 is 0 Å². The lowest BCUT2D eigenvalue weighted by molar-refractivity contribution is -0.145. The molecule has 0 fully saturated rings. The van der Waals surface area contributed by atoms with Crippen molar-refractivity contribution < 1.29 is 28.7 Å². The van der Waals surface area contributed by atoms with Gasteiger partial charge in [0.25, 0.3) is 0 Å². The van der Waals surface area contributed by atoms with Crippen molar-refractivity contribution in [2.75, 3.05) is 39.5 Å². The summed E-state index contributed by atoms with van der Waals surface area (Å²) in [6.07, 6.45) is 4.30. The highest BCUT2D eigenvalue weighted by Gasteiger charge is 2.21. The van der Waals surface area contributed by atoms with Crippen molar-refractivity contribution in [2.24, 2.45) is 5.73 Å². The molecule has 3 amide bonds. The zero-order valence-electron chi connectivity index (χ0n) is 17.9. The summed E-state index contributed by atoms with van der Waals surface area (Å²) in [7, 11) is 0. The van der Waals surface area contributed by atoms with Crippen molar-refractivity contribution in [3.8, 4) is 0 Å². The van der Waals surface area contributed by atoms with Gasteiger partial charge < -0.3 is 36.1 Å². The maximum absolute atomic E-state index is 12.5. The minimum Gasteiger partial charge on any atom is -0.463 e. The second-order valence-corrected chi connectivity index (χ2v) is 6.26. The third-order valence-corrected chi connectivity index (χ3v) is 3.75. The van der Waals surface area contributed by atoms with Gasteiger partial charge >= 0.3 is 5.97 Å². The number of carbonyl (C=O) groups is 4. The molecule has 0 spiro atoms. The summed E-state index contributed by atoms with van der Waals surface area (Å²) in [6.45, 7) is 2.17. The number of amides is 3. The predicted octanol–water partition coefficient (Wildman–Crippen LogP) is -1.17. The van der Waals surface area contributed by atoms with Crippen LogP contribution >= 0.6 is 24.8 Å². The summed E-state index contributed by atoms with van der Waals surface area (Å²) in [5.41, 5.74) is 5.83. The molecule has 0 aliphatic carbocycles. The van der Waals surface area contributed by atoms with E-state index in [1.165, 1.54) is 6.33 Å². The number of nitrogens with zero attached hydrogens (tertiary/aromatic N) is 1. The monoisotopic (exact) mass is 498 g/mol. The second kappa shape index (κ2) is 19.3. The highest BCUT2D eigenvalue weighted by molar-refractivity contribution is 5.90. The number of esters is 1. The van der Waals surface area contributed by atoms with Gasteiger partial charge in [-0.3, -0.25) is 19.2 Å². The number of H-pyrrole nitrogens is 1. The largest absolute Gasteiger partial charge is 0.463 e. The Bertz CT molecular complexity index is 677. The van der Waals surface area contributed by atoms with Crippen LogP contribution in [0.15, 0.2) is 12.5 Å². The van der Waals surface area contributed by atoms with Crippen molar-refractivity contribution >= 4 is 48.5 Å². The summed E-state index contributed by atoms with van der Waals surface area (Å²) in [6, 6.07) is -0.872. The van der Waals surface area contributed by atoms with E-state index in [1.54, 1.807) is 6.20 Å². The second-order valence-electron chi connectivity index (χ2n) is 6.26. The van der Waals surface area contributed by atoms with Crippen LogP contribution in [0.2, 0.25) is 0 Å². The number of rotatable bonds is 15. The van der Waals surface area contributed by atoms with Crippen LogP contribution in [0, 0.1) is 0 Å². The normalized spacial score (nSPS) is 10.7. The van der Waals surface area contributed by atoms with Gasteiger partial charge in [-0.25, -0.2) is 4.98 Å². The van der Waals surface area contributed by atoms with Crippen LogP contribution in [0.25, 0.3) is 0 Å². The van der Waals surface area contributed by atoms with Crippen molar-refractivity contribution in [3.63, 3.8) is 0 Å². The quantitative estimate of drug-likeness (QED) is 0.148. The molecule has 1 aromatic rings. The van der Waals surface area contributed by atoms with Crippen LogP contribution in [-0.2, 0) is 35.1 Å². The zero-order chi connectivity index (χ0) is 22.2. The maximum atomic E-state index is 12.5. The van der Waals surface area contributed by atoms with E-state index in [9.17, 15) is 19.2 Å². The summed E-state index contributed by atoms with van der Waals surface area (Å²) >= 11 is 0. The van der Waals surface area contributed by atoms with Crippen LogP contribution in [0.5, 0.6) is 0 Å². The van der Waals surface area contributed by atoms with Gasteiger partial charge in [-0.05, 0) is 6.42 Å². The van der Waals surface area contributed by atoms with E-state index in [2.05, 4.69) is 25.9 Å². The summed E-state index contributed by atoms with van der Waals surface area (Å²) in [5, 5.41) is 7.58. The van der Waals surface area contributed by atoms with Crippen LogP contribution in [0.4, 0.5) is 0 Å². The minimum atomic E-state index is -0.872. The molecular formula is C18H32Cl2N6O6. The van der Waals surface area contributed by atoms with Gasteiger partial charge in [-0.1, -0.05) is 6.92 Å². The molecule has 1 heterocycles. The first-order valence-corrected chi connectivity index (χ1v) is 9.70. The first-order chi connectivity index (χ1) is 14.5. The topological polar surface area (TPSA) is 178 Å². The van der Waals surface area contributed by atoms with E-state index in [-0.39, 0.29) is 76.7 Å². The first kappa shape index (κ1) is 31.8. The Labute approximate surface area is 199 Å². The lowest BCUT2D eigenvalue weighted by Gasteiger charge is -2.18. The Morgan fingerprint density at radius 3 is 2.50 bits per heavy atom. The Balaban J connectivity index is 0. The van der Waals surface area contributed by atoms with Crippen molar-refractivity contribution in [1.29, 1.82) is 0 Å². The van der Waals surface area contributed by atoms with Gasteiger partial charge in [-0.15, -0.1) is 24.8 Å². The third kappa shape index (κ3) is 14.6. The van der Waals surface area contributed by atoms with Gasteiger partial charge in [0.15, 0.2) is 0 Å². The average molecular weight is 499 g/mol. The van der Waals surface area contributed by atoms with Crippen molar-refractivity contribution in [1.82, 2.24) is 25.9 Å². The molecule has 1 atom stereocenters. The smallest absolute Gasteiger partial charge is 0.305 e. The standard InChI is InChI=1S/C18H30N6O6.2ClH/c1-2-3-17(27)30-7-6-29-5-4-21-18(28)14(8-13-10-20-12-23-13)24-16(26)11-22-15(25)9-19;;/h10,12,14H,2-9,11,19H2,1H3,(H,20,23)(H,21,28)(H,22,25)(H,24,26);2*1H/t14-;;/m0../s1. The molecule has 12 nitrogen and oxygen atoms in total. The van der Waals surface area contributed by atoms with E-state index < -0.39 is 23.8 Å². The molecule has 6 N–H and O–H groups in total. The average Bonchev–Trinajstić information content (AvgIpc) is 3.24. The van der Waals surface area contributed by atoms with E-state index in [1.807, 2.05) is 6.92 Å². The van der Waals surface area contributed by atoms with Gasteiger partial charge in [0.2, 0.25) is 17.7 Å². The molecule has 0 aliphatic rings. The first-order valence-electron chi connectivity index (χ1n) is 9.70. The number of halogens is 2. The number of aromatic nitrogens is 2. The Morgan fingerprint density at radius 2 is 1.88 bits per heavy atom. The maximum Gasteiger partial charge on any atom is 0.305 e. The lowest BCUT2D eigenvalue weighted by Crippen LogP contribution is -2.51. The molecule has 0 bridgehead atoms. The number of nitrogens with one attached hydrogen (secondary N) is 4. The Kier molecular flexibility index (Phi) is 19.2. The highest BCUT2D eigenvalue weighted by atomic mass is 35.5. The Hall–Kier alpha value is -2.41. The lowest BCUT2D eigenvalue weighted by atomic mass is 10.1. The van der Waals surface area contributed by atoms with Crippen LogP contribution < -0.4 is 21.7 Å². The van der Waals surface area contributed by atoms with Crippen LogP contribution in [-0.4, -0.2) is 79.2 Å². The highest BCUT2D eigenvalue weighted by Crippen LogP contribution is 1.99. The molecule has 0 aromatic carbocycles. The zero-order valence-corrected chi connectivity index (χ0v) is 19.5. The number of ether oxygens (including phenoxy) is 2. The molecule has 1 aromatic heterocycles. The number of hydrogen-bond acceptors (Lipinski definition) is 8. The van der Waals surface area contributed by atoms with Gasteiger partial charge in [0.1, 0.15) is 12.6 Å². The van der Waals surface area contributed by atoms with Crippen molar-refractivity contribution in [2.45, 2.75) is 32.2 Å². The third-order valence-electron chi connectivity index (χ3n) is 3.75. The van der Waals surface area contributed by atoms with Crippen molar-refractivity contribution in [3.05, 3.63) is 18.2 Å². The molecule has 0 unspecified atom stereocenters. The summed E-state index contributed by atoms with van der Waals surface area (Å²) in [4.78, 5) is 53.6. The number of hydrogen-bond donors (Lipinski definition) is 5. The molecule has 14 heteroatoms. The van der Waals surface area contributed by atoms with E-state index in [4.69, 9.17) is 15.2 Å². The number of carbonyl (C=O) groups excluding carboxylic acids is 4. The van der Waals surface area contributed by atoms with Gasteiger partial charge in [0.05, 0.1) is 32.6 Å². The van der Waals surface area contributed by atoms with E-state index in [0.717, 1.165) is 6.42 Å². The number of nitrogens with two attached hydrogens (primary N) is 1. The molecule has 0 saturated heterocycles. The SMILES string of the molecule is CCCC(=O)OCCOCCNC(=O)[C@H](Cc1cnc[nH]1)NC(=O)CNC(=O)CN.Cl.Cl. The number of aromatic amines is 1. The fourth-order valence-electron chi connectivity index (χ4n) is 2.28. The van der Waals surface area contributed by atoms with Gasteiger partial charge in [-0.2, -0.15) is 0 Å². The molecule has 0 radical (unpaired) electrons. The predicted molar refractivity (Wildman–Crippen MR) is 120 cm³/mol. The van der Waals surface area contributed by atoms with Gasteiger partial charge in [0, 0.05) is 31.3 Å². The van der Waals surface area contributed by atoms with Crippen LogP contribution in [0.3, 0.4) is 0 Å². The number of imidazole rings is 1. The fourth-order valence-corrected chi connectivity index (χ4v) is 2.28. The molecule has 32 heavy (non-hydrogen) atoms. The fraction of sp³-hybridized carbons (Fsp3) is 0.611. The van der Waals surface area contributed by atoms with E-state index in [0.29, 0.717) is 12.1 Å². The molecule has 0 saturated carbocycles. The Morgan fingerprint density at radius 1 is 1.12 bits per heavy atom. The summed E-state index contributed by atoms with van der Waals surface area (Å²) < 4.78 is 10.3.